The molecule has 0 aromatic carbocycles. The minimum absolute atomic E-state index is 0.245. The third-order valence-electron chi connectivity index (χ3n) is 1.60. The summed E-state index contributed by atoms with van der Waals surface area (Å²) in [5.41, 5.74) is 0. The number of ether oxygens (including phenoxy) is 2. The van der Waals surface area contributed by atoms with E-state index in [2.05, 4.69) is 13.8 Å². The largest absolute Gasteiger partial charge is 0.463 e. The Morgan fingerprint density at radius 2 is 1.92 bits per heavy atom. The molecule has 0 radical (unpaired) electrons. The first-order valence-corrected chi connectivity index (χ1v) is 4.84. The van der Waals surface area contributed by atoms with Crippen LogP contribution in [0.25, 0.3) is 0 Å². The van der Waals surface area contributed by atoms with Gasteiger partial charge in [0.15, 0.2) is 0 Å². The Labute approximate surface area is 80.4 Å². The van der Waals surface area contributed by atoms with Crippen molar-refractivity contribution in [1.82, 2.24) is 0 Å². The zero-order valence-corrected chi connectivity index (χ0v) is 8.84. The molecule has 0 aromatic rings. The van der Waals surface area contributed by atoms with Gasteiger partial charge in [-0.3, -0.25) is 4.79 Å². The number of rotatable bonds is 7. The second-order valence-electron chi connectivity index (χ2n) is 3.49. The van der Waals surface area contributed by atoms with Crippen LogP contribution in [0.4, 0.5) is 0 Å². The van der Waals surface area contributed by atoms with Gasteiger partial charge in [0.1, 0.15) is 6.61 Å². The molecule has 0 heterocycles. The van der Waals surface area contributed by atoms with Gasteiger partial charge < -0.3 is 9.47 Å². The standard InChI is InChI=1S/C10H20O3/c1-9(2)5-4-6-12-7-8-13-10(3)11/h9H,4-8H2,1-3H3. The summed E-state index contributed by atoms with van der Waals surface area (Å²) in [5, 5.41) is 0. The van der Waals surface area contributed by atoms with E-state index in [1.54, 1.807) is 0 Å². The van der Waals surface area contributed by atoms with Crippen molar-refractivity contribution in [3.63, 3.8) is 0 Å². The quantitative estimate of drug-likeness (QED) is 0.453. The van der Waals surface area contributed by atoms with Crippen LogP contribution in [0.15, 0.2) is 0 Å². The Hall–Kier alpha value is -0.570. The van der Waals surface area contributed by atoms with Gasteiger partial charge in [-0.05, 0) is 18.8 Å². The summed E-state index contributed by atoms with van der Waals surface area (Å²) in [6.07, 6.45) is 2.27. The SMILES string of the molecule is CC(=O)OCCOCCCC(C)C. The number of carbonyl (C=O) groups is 1. The molecule has 0 rings (SSSR count). The summed E-state index contributed by atoms with van der Waals surface area (Å²) in [6, 6.07) is 0. The molecule has 3 nitrogen and oxygen atoms in total. The van der Waals surface area contributed by atoms with Gasteiger partial charge in [0.05, 0.1) is 6.61 Å². The van der Waals surface area contributed by atoms with Crippen molar-refractivity contribution in [2.75, 3.05) is 19.8 Å². The normalized spacial score (nSPS) is 10.5. The lowest BCUT2D eigenvalue weighted by Gasteiger charge is -2.05. The molecule has 13 heavy (non-hydrogen) atoms. The van der Waals surface area contributed by atoms with Gasteiger partial charge in [0.25, 0.3) is 0 Å². The number of hydrogen-bond acceptors (Lipinski definition) is 3. The maximum absolute atomic E-state index is 10.3. The Balaban J connectivity index is 2.96. The van der Waals surface area contributed by atoms with Crippen molar-refractivity contribution in [3.8, 4) is 0 Å². The third-order valence-corrected chi connectivity index (χ3v) is 1.60. The zero-order valence-electron chi connectivity index (χ0n) is 8.84. The Morgan fingerprint density at radius 3 is 2.46 bits per heavy atom. The molecular formula is C10H20O3. The van der Waals surface area contributed by atoms with Crippen molar-refractivity contribution in [2.24, 2.45) is 5.92 Å². The lowest BCUT2D eigenvalue weighted by atomic mass is 10.1. The first-order chi connectivity index (χ1) is 6.13. The van der Waals surface area contributed by atoms with Crippen LogP contribution in [0, 0.1) is 5.92 Å². The second kappa shape index (κ2) is 8.05. The van der Waals surface area contributed by atoms with Crippen LogP contribution >= 0.6 is 0 Å². The summed E-state index contributed by atoms with van der Waals surface area (Å²) >= 11 is 0. The van der Waals surface area contributed by atoms with Gasteiger partial charge in [0.2, 0.25) is 0 Å². The molecule has 0 amide bonds. The van der Waals surface area contributed by atoms with Crippen LogP contribution in [-0.2, 0) is 14.3 Å². The highest BCUT2D eigenvalue weighted by Gasteiger charge is 1.95. The Morgan fingerprint density at radius 1 is 1.23 bits per heavy atom. The van der Waals surface area contributed by atoms with Crippen molar-refractivity contribution < 1.29 is 14.3 Å². The Bertz CT molecular complexity index is 132. The van der Waals surface area contributed by atoms with Crippen molar-refractivity contribution in [1.29, 1.82) is 0 Å². The van der Waals surface area contributed by atoms with E-state index in [-0.39, 0.29) is 5.97 Å². The summed E-state index contributed by atoms with van der Waals surface area (Å²) in [5.74, 6) is 0.489. The highest BCUT2D eigenvalue weighted by molar-refractivity contribution is 5.65. The van der Waals surface area contributed by atoms with E-state index in [0.717, 1.165) is 18.9 Å². The molecule has 0 spiro atoms. The maximum atomic E-state index is 10.3. The fraction of sp³-hybridized carbons (Fsp3) is 0.900. The predicted octanol–water partition coefficient (Wildman–Crippen LogP) is 2.00. The molecule has 0 saturated heterocycles. The number of esters is 1. The van der Waals surface area contributed by atoms with Crippen LogP contribution < -0.4 is 0 Å². The second-order valence-corrected chi connectivity index (χ2v) is 3.49. The fourth-order valence-corrected chi connectivity index (χ4v) is 0.940. The molecule has 0 aliphatic carbocycles. The van der Waals surface area contributed by atoms with Gasteiger partial charge in [-0.2, -0.15) is 0 Å². The molecular weight excluding hydrogens is 168 g/mol. The van der Waals surface area contributed by atoms with Crippen LogP contribution in [0.2, 0.25) is 0 Å². The first-order valence-electron chi connectivity index (χ1n) is 4.84. The van der Waals surface area contributed by atoms with E-state index in [1.165, 1.54) is 13.3 Å². The molecule has 0 aliphatic rings. The maximum Gasteiger partial charge on any atom is 0.302 e. The number of carbonyl (C=O) groups excluding carboxylic acids is 1. The molecule has 78 valence electrons. The molecule has 0 aliphatic heterocycles. The molecule has 0 fully saturated rings. The van der Waals surface area contributed by atoms with Gasteiger partial charge in [0, 0.05) is 13.5 Å². The van der Waals surface area contributed by atoms with Crippen LogP contribution in [0.1, 0.15) is 33.6 Å². The molecule has 0 atom stereocenters. The smallest absolute Gasteiger partial charge is 0.302 e. The molecule has 3 heteroatoms. The average Bonchev–Trinajstić information content (AvgIpc) is 2.01. The van der Waals surface area contributed by atoms with Crippen LogP contribution in [-0.4, -0.2) is 25.8 Å². The van der Waals surface area contributed by atoms with E-state index in [0.29, 0.717) is 13.2 Å². The first kappa shape index (κ1) is 12.4. The van der Waals surface area contributed by atoms with Gasteiger partial charge in [-0.1, -0.05) is 13.8 Å². The van der Waals surface area contributed by atoms with Crippen LogP contribution in [0.5, 0.6) is 0 Å². The van der Waals surface area contributed by atoms with E-state index in [4.69, 9.17) is 9.47 Å². The molecule has 0 aromatic heterocycles. The monoisotopic (exact) mass is 188 g/mol. The average molecular weight is 188 g/mol. The van der Waals surface area contributed by atoms with Crippen molar-refractivity contribution in [3.05, 3.63) is 0 Å². The van der Waals surface area contributed by atoms with Gasteiger partial charge in [-0.15, -0.1) is 0 Å². The lowest BCUT2D eigenvalue weighted by molar-refractivity contribution is -0.142. The highest BCUT2D eigenvalue weighted by Crippen LogP contribution is 2.02. The molecule has 0 bridgehead atoms. The fourth-order valence-electron chi connectivity index (χ4n) is 0.940. The van der Waals surface area contributed by atoms with Crippen LogP contribution in [0.3, 0.4) is 0 Å². The molecule has 0 N–H and O–H groups in total. The van der Waals surface area contributed by atoms with E-state index in [1.807, 2.05) is 0 Å². The topological polar surface area (TPSA) is 35.5 Å². The summed E-state index contributed by atoms with van der Waals surface area (Å²) in [4.78, 5) is 10.3. The van der Waals surface area contributed by atoms with Gasteiger partial charge in [-0.25, -0.2) is 0 Å². The third kappa shape index (κ3) is 11.4. The van der Waals surface area contributed by atoms with Gasteiger partial charge >= 0.3 is 5.97 Å². The minimum Gasteiger partial charge on any atom is -0.463 e. The van der Waals surface area contributed by atoms with Crippen molar-refractivity contribution in [2.45, 2.75) is 33.6 Å². The lowest BCUT2D eigenvalue weighted by Crippen LogP contribution is -2.08. The van der Waals surface area contributed by atoms with E-state index in [9.17, 15) is 4.79 Å². The van der Waals surface area contributed by atoms with E-state index >= 15 is 0 Å². The highest BCUT2D eigenvalue weighted by atomic mass is 16.6. The Kier molecular flexibility index (Phi) is 7.69. The summed E-state index contributed by atoms with van der Waals surface area (Å²) < 4.78 is 9.96. The molecule has 0 unspecified atom stereocenters. The minimum atomic E-state index is -0.245. The predicted molar refractivity (Wildman–Crippen MR) is 51.5 cm³/mol. The van der Waals surface area contributed by atoms with E-state index < -0.39 is 0 Å². The zero-order chi connectivity index (χ0) is 10.1. The molecule has 0 saturated carbocycles. The van der Waals surface area contributed by atoms with Crippen molar-refractivity contribution >= 4 is 5.97 Å². The number of hydrogen-bond donors (Lipinski definition) is 0. The summed E-state index contributed by atoms with van der Waals surface area (Å²) in [6.45, 7) is 7.44. The summed E-state index contributed by atoms with van der Waals surface area (Å²) in [7, 11) is 0.